The van der Waals surface area contributed by atoms with Gasteiger partial charge in [0.1, 0.15) is 0 Å². The van der Waals surface area contributed by atoms with Crippen LogP contribution in [0, 0.1) is 5.92 Å². The van der Waals surface area contributed by atoms with Crippen molar-refractivity contribution in [3.63, 3.8) is 0 Å². The zero-order chi connectivity index (χ0) is 21.8. The third-order valence-electron chi connectivity index (χ3n) is 5.99. The number of piperidine rings is 1. The van der Waals surface area contributed by atoms with Crippen molar-refractivity contribution in [1.29, 1.82) is 0 Å². The van der Waals surface area contributed by atoms with Crippen molar-refractivity contribution in [2.45, 2.75) is 25.4 Å². The molecule has 4 aromatic rings. The number of carbonyl (C=O) groups is 1. The molecule has 4 heterocycles. The summed E-state index contributed by atoms with van der Waals surface area (Å²) >= 11 is 1.46. The highest BCUT2D eigenvalue weighted by Crippen LogP contribution is 2.30. The minimum atomic E-state index is -0.115. The molecule has 0 spiro atoms. The molecule has 1 aliphatic heterocycles. The van der Waals surface area contributed by atoms with E-state index in [0.29, 0.717) is 5.92 Å². The molecule has 1 aromatic carbocycles. The minimum Gasteiger partial charge on any atom is -0.343 e. The van der Waals surface area contributed by atoms with E-state index < -0.39 is 0 Å². The fourth-order valence-corrected chi connectivity index (χ4v) is 5.11. The molecule has 0 bridgehead atoms. The Morgan fingerprint density at radius 2 is 1.97 bits per heavy atom. The Kier molecular flexibility index (Phi) is 6.18. The van der Waals surface area contributed by atoms with Gasteiger partial charge in [-0.1, -0.05) is 18.2 Å². The van der Waals surface area contributed by atoms with Gasteiger partial charge in [0.15, 0.2) is 0 Å². The van der Waals surface area contributed by atoms with Gasteiger partial charge in [-0.2, -0.15) is 0 Å². The fraction of sp³-hybridized carbons (Fsp3) is 0.280. The van der Waals surface area contributed by atoms with Crippen LogP contribution in [0.3, 0.4) is 0 Å². The summed E-state index contributed by atoms with van der Waals surface area (Å²) in [5, 5.41) is 5.21. The first-order chi connectivity index (χ1) is 15.8. The molecule has 1 fully saturated rings. The standard InChI is InChI=1S/C25H25N5OS/c31-25(23-7-4-14-32-23)29-24(21-6-1-2-10-26-21)19-5-3-13-30(17-19)16-18-8-9-20-22(15-18)28-12-11-27-20/h1-2,4,6-12,14-15,19,24H,3,5,13,16-17H2,(H,29,31)/t19-,24+/m0/s1. The smallest absolute Gasteiger partial charge is 0.261 e. The van der Waals surface area contributed by atoms with Crippen molar-refractivity contribution < 1.29 is 4.79 Å². The zero-order valence-corrected chi connectivity index (χ0v) is 18.5. The molecule has 32 heavy (non-hydrogen) atoms. The van der Waals surface area contributed by atoms with Crippen LogP contribution < -0.4 is 5.32 Å². The van der Waals surface area contributed by atoms with Gasteiger partial charge in [0.25, 0.3) is 5.91 Å². The largest absolute Gasteiger partial charge is 0.343 e. The SMILES string of the molecule is O=C(N[C@@H](c1ccccn1)[C@H]1CCCN(Cc2ccc3nccnc3c2)C1)c1cccs1. The third kappa shape index (κ3) is 4.69. The summed E-state index contributed by atoms with van der Waals surface area (Å²) in [5.41, 5.74) is 3.99. The van der Waals surface area contributed by atoms with Gasteiger partial charge >= 0.3 is 0 Å². The van der Waals surface area contributed by atoms with Crippen molar-refractivity contribution in [2.24, 2.45) is 5.92 Å². The van der Waals surface area contributed by atoms with Crippen LogP contribution in [0.2, 0.25) is 0 Å². The van der Waals surface area contributed by atoms with E-state index in [1.165, 1.54) is 16.9 Å². The summed E-state index contributed by atoms with van der Waals surface area (Å²) in [6.07, 6.45) is 7.41. The Morgan fingerprint density at radius 1 is 1.06 bits per heavy atom. The van der Waals surface area contributed by atoms with Gasteiger partial charge in [-0.3, -0.25) is 24.6 Å². The van der Waals surface area contributed by atoms with Crippen molar-refractivity contribution in [3.8, 4) is 0 Å². The number of thiophene rings is 1. The number of aromatic nitrogens is 3. The molecule has 0 unspecified atom stereocenters. The van der Waals surface area contributed by atoms with Crippen LogP contribution in [-0.4, -0.2) is 38.8 Å². The summed E-state index contributed by atoms with van der Waals surface area (Å²) < 4.78 is 0. The lowest BCUT2D eigenvalue weighted by Gasteiger charge is -2.37. The second-order valence-electron chi connectivity index (χ2n) is 8.20. The van der Waals surface area contributed by atoms with Gasteiger partial charge in [0, 0.05) is 31.7 Å². The molecule has 2 atom stereocenters. The van der Waals surface area contributed by atoms with Gasteiger partial charge in [0.05, 0.1) is 27.6 Å². The second kappa shape index (κ2) is 9.54. The van der Waals surface area contributed by atoms with Gasteiger partial charge in [0.2, 0.25) is 0 Å². The molecule has 7 heteroatoms. The molecule has 1 N–H and O–H groups in total. The first kappa shape index (κ1) is 20.7. The van der Waals surface area contributed by atoms with Crippen molar-refractivity contribution in [3.05, 3.63) is 88.6 Å². The lowest BCUT2D eigenvalue weighted by Crippen LogP contribution is -2.42. The number of hydrogen-bond acceptors (Lipinski definition) is 6. The van der Waals surface area contributed by atoms with E-state index in [9.17, 15) is 4.79 Å². The average molecular weight is 444 g/mol. The van der Waals surface area contributed by atoms with Gasteiger partial charge in [-0.05, 0) is 66.6 Å². The quantitative estimate of drug-likeness (QED) is 0.476. The minimum absolute atomic E-state index is 0.0270. The molecule has 6 nitrogen and oxygen atoms in total. The zero-order valence-electron chi connectivity index (χ0n) is 17.7. The fourth-order valence-electron chi connectivity index (χ4n) is 4.49. The number of likely N-dealkylation sites (tertiary alicyclic amines) is 1. The number of rotatable bonds is 6. The van der Waals surface area contributed by atoms with E-state index in [1.807, 2.05) is 41.8 Å². The molecule has 5 rings (SSSR count). The maximum Gasteiger partial charge on any atom is 0.261 e. The average Bonchev–Trinajstić information content (AvgIpc) is 3.38. The summed E-state index contributed by atoms with van der Waals surface area (Å²) in [5.74, 6) is 0.267. The highest BCUT2D eigenvalue weighted by molar-refractivity contribution is 7.12. The van der Waals surface area contributed by atoms with E-state index in [2.05, 4.69) is 37.3 Å². The number of carbonyl (C=O) groups excluding carboxylic acids is 1. The number of fused-ring (bicyclic) bond motifs is 1. The molecule has 0 aliphatic carbocycles. The van der Waals surface area contributed by atoms with Crippen LogP contribution in [0.1, 0.15) is 39.8 Å². The lowest BCUT2D eigenvalue weighted by molar-refractivity contribution is 0.0879. The normalized spacial score (nSPS) is 17.8. The van der Waals surface area contributed by atoms with E-state index in [-0.39, 0.29) is 11.9 Å². The molecule has 1 saturated heterocycles. The van der Waals surface area contributed by atoms with Gasteiger partial charge in [-0.15, -0.1) is 11.3 Å². The number of benzene rings is 1. The summed E-state index contributed by atoms with van der Waals surface area (Å²) in [4.78, 5) is 29.5. The summed E-state index contributed by atoms with van der Waals surface area (Å²) in [7, 11) is 0. The Bertz CT molecular complexity index is 1180. The molecule has 162 valence electrons. The molecule has 0 saturated carbocycles. The number of nitrogens with one attached hydrogen (secondary N) is 1. The van der Waals surface area contributed by atoms with Crippen molar-refractivity contribution in [1.82, 2.24) is 25.2 Å². The first-order valence-electron chi connectivity index (χ1n) is 10.9. The Hall–Kier alpha value is -3.16. The van der Waals surface area contributed by atoms with Crippen LogP contribution in [0.15, 0.2) is 72.5 Å². The lowest BCUT2D eigenvalue weighted by atomic mass is 9.88. The highest BCUT2D eigenvalue weighted by Gasteiger charge is 2.31. The predicted molar refractivity (Wildman–Crippen MR) is 126 cm³/mol. The number of hydrogen-bond donors (Lipinski definition) is 1. The molecular formula is C25H25N5OS. The molecule has 1 aliphatic rings. The van der Waals surface area contributed by atoms with Gasteiger partial charge in [-0.25, -0.2) is 0 Å². The Labute approximate surface area is 191 Å². The predicted octanol–water partition coefficient (Wildman–Crippen LogP) is 4.47. The van der Waals surface area contributed by atoms with Crippen LogP contribution in [0.25, 0.3) is 11.0 Å². The number of nitrogens with zero attached hydrogens (tertiary/aromatic N) is 4. The molecule has 3 aromatic heterocycles. The van der Waals surface area contributed by atoms with Crippen LogP contribution in [0.4, 0.5) is 0 Å². The number of amides is 1. The van der Waals surface area contributed by atoms with Crippen LogP contribution >= 0.6 is 11.3 Å². The molecule has 0 radical (unpaired) electrons. The third-order valence-corrected chi connectivity index (χ3v) is 6.86. The Morgan fingerprint density at radius 3 is 2.78 bits per heavy atom. The van der Waals surface area contributed by atoms with Crippen LogP contribution in [0.5, 0.6) is 0 Å². The van der Waals surface area contributed by atoms with Crippen molar-refractivity contribution in [2.75, 3.05) is 13.1 Å². The van der Waals surface area contributed by atoms with Crippen molar-refractivity contribution >= 4 is 28.3 Å². The van der Waals surface area contributed by atoms with E-state index in [1.54, 1.807) is 18.6 Å². The summed E-state index contributed by atoms with van der Waals surface area (Å²) in [6, 6.07) is 15.9. The maximum atomic E-state index is 12.9. The van der Waals surface area contributed by atoms with E-state index in [0.717, 1.165) is 54.1 Å². The molecule has 1 amide bonds. The topological polar surface area (TPSA) is 71.0 Å². The van der Waals surface area contributed by atoms with E-state index >= 15 is 0 Å². The molecular weight excluding hydrogens is 418 g/mol. The van der Waals surface area contributed by atoms with E-state index in [4.69, 9.17) is 0 Å². The number of pyridine rings is 1. The maximum absolute atomic E-state index is 12.9. The summed E-state index contributed by atoms with van der Waals surface area (Å²) in [6.45, 7) is 2.81. The highest BCUT2D eigenvalue weighted by atomic mass is 32.1. The Balaban J connectivity index is 1.34. The monoisotopic (exact) mass is 443 g/mol. The second-order valence-corrected chi connectivity index (χ2v) is 9.15. The van der Waals surface area contributed by atoms with Crippen LogP contribution in [-0.2, 0) is 6.54 Å². The van der Waals surface area contributed by atoms with Gasteiger partial charge < -0.3 is 5.32 Å². The first-order valence-corrected chi connectivity index (χ1v) is 11.8.